The molecule has 1 aromatic rings. The Hall–Kier alpha value is -0.820. The van der Waals surface area contributed by atoms with E-state index in [2.05, 4.69) is 26.0 Å². The molecule has 1 aliphatic rings. The Morgan fingerprint density at radius 1 is 1.18 bits per heavy atom. The molecule has 1 fully saturated rings. The summed E-state index contributed by atoms with van der Waals surface area (Å²) in [7, 11) is 0. The number of epoxide rings is 1. The molecular formula is C10H12O. The van der Waals surface area contributed by atoms with Crippen LogP contribution in [0.4, 0.5) is 0 Å². The van der Waals surface area contributed by atoms with Crippen molar-refractivity contribution in [1.82, 2.24) is 0 Å². The first-order valence-electron chi connectivity index (χ1n) is 3.93. The molecule has 1 heterocycles. The van der Waals surface area contributed by atoms with Crippen LogP contribution in [0.15, 0.2) is 30.3 Å². The van der Waals surface area contributed by atoms with Crippen molar-refractivity contribution in [2.24, 2.45) is 0 Å². The van der Waals surface area contributed by atoms with Gasteiger partial charge in [0.25, 0.3) is 0 Å². The van der Waals surface area contributed by atoms with Crippen LogP contribution in [0.3, 0.4) is 0 Å². The van der Waals surface area contributed by atoms with Crippen molar-refractivity contribution in [2.75, 3.05) is 0 Å². The Morgan fingerprint density at radius 2 is 1.73 bits per heavy atom. The highest BCUT2D eigenvalue weighted by Crippen LogP contribution is 2.48. The molecule has 1 aromatic carbocycles. The summed E-state index contributed by atoms with van der Waals surface area (Å²) in [6, 6.07) is 10.3. The van der Waals surface area contributed by atoms with Crippen LogP contribution in [-0.2, 0) is 4.74 Å². The van der Waals surface area contributed by atoms with Crippen LogP contribution in [0.5, 0.6) is 0 Å². The third-order valence-corrected chi connectivity index (χ3v) is 2.10. The summed E-state index contributed by atoms with van der Waals surface area (Å²) >= 11 is 0. The molecule has 0 bridgehead atoms. The Morgan fingerprint density at radius 3 is 2.18 bits per heavy atom. The van der Waals surface area contributed by atoms with E-state index in [0.717, 1.165) is 0 Å². The van der Waals surface area contributed by atoms with E-state index in [-0.39, 0.29) is 5.60 Å². The Bertz CT molecular complexity index is 251. The number of benzene rings is 1. The fraction of sp³-hybridized carbons (Fsp3) is 0.400. The van der Waals surface area contributed by atoms with Crippen LogP contribution in [0.1, 0.15) is 25.5 Å². The highest BCUT2D eigenvalue weighted by Gasteiger charge is 2.48. The maximum Gasteiger partial charge on any atom is 0.112 e. The van der Waals surface area contributed by atoms with Crippen LogP contribution >= 0.6 is 0 Å². The van der Waals surface area contributed by atoms with Crippen LogP contribution in [0.25, 0.3) is 0 Å². The average molecular weight is 148 g/mol. The van der Waals surface area contributed by atoms with Gasteiger partial charge in [0.1, 0.15) is 6.10 Å². The molecule has 1 heteroatoms. The van der Waals surface area contributed by atoms with Gasteiger partial charge in [0.2, 0.25) is 0 Å². The van der Waals surface area contributed by atoms with Crippen molar-refractivity contribution >= 4 is 0 Å². The van der Waals surface area contributed by atoms with Crippen molar-refractivity contribution < 1.29 is 4.74 Å². The van der Waals surface area contributed by atoms with Gasteiger partial charge < -0.3 is 4.74 Å². The normalized spacial score (nSPS) is 26.5. The number of hydrogen-bond acceptors (Lipinski definition) is 1. The molecule has 0 amide bonds. The van der Waals surface area contributed by atoms with E-state index < -0.39 is 0 Å². The number of hydrogen-bond donors (Lipinski definition) is 0. The summed E-state index contributed by atoms with van der Waals surface area (Å²) in [6.07, 6.45) is 0.323. The third kappa shape index (κ3) is 1.16. The fourth-order valence-corrected chi connectivity index (χ4v) is 1.37. The summed E-state index contributed by atoms with van der Waals surface area (Å²) in [6.45, 7) is 4.23. The second-order valence-corrected chi connectivity index (χ2v) is 3.51. The molecule has 0 spiro atoms. The molecule has 1 nitrogen and oxygen atoms in total. The molecule has 0 unspecified atom stereocenters. The van der Waals surface area contributed by atoms with Gasteiger partial charge >= 0.3 is 0 Å². The van der Waals surface area contributed by atoms with E-state index in [1.54, 1.807) is 0 Å². The van der Waals surface area contributed by atoms with Crippen molar-refractivity contribution in [2.45, 2.75) is 25.6 Å². The summed E-state index contributed by atoms with van der Waals surface area (Å²) < 4.78 is 5.49. The minimum atomic E-state index is 0.0708. The summed E-state index contributed by atoms with van der Waals surface area (Å²) in [4.78, 5) is 0. The van der Waals surface area contributed by atoms with Gasteiger partial charge in [-0.1, -0.05) is 30.3 Å². The zero-order chi connectivity index (χ0) is 7.90. The summed E-state index contributed by atoms with van der Waals surface area (Å²) in [5, 5.41) is 0. The second kappa shape index (κ2) is 2.08. The topological polar surface area (TPSA) is 12.5 Å². The number of rotatable bonds is 1. The van der Waals surface area contributed by atoms with E-state index in [9.17, 15) is 0 Å². The smallest absolute Gasteiger partial charge is 0.112 e. The highest BCUT2D eigenvalue weighted by molar-refractivity contribution is 5.24. The van der Waals surface area contributed by atoms with Crippen LogP contribution in [0, 0.1) is 0 Å². The maximum atomic E-state index is 5.49. The van der Waals surface area contributed by atoms with Gasteiger partial charge in [-0.25, -0.2) is 0 Å². The first-order chi connectivity index (χ1) is 5.20. The standard InChI is InChI=1S/C10H12O/c1-10(2)9(11-10)8-6-4-3-5-7-8/h3-7,9H,1-2H3/t9-/m1/s1. The van der Waals surface area contributed by atoms with E-state index in [1.807, 2.05) is 18.2 Å². The van der Waals surface area contributed by atoms with Gasteiger partial charge in [-0.05, 0) is 19.4 Å². The molecule has 0 N–H and O–H groups in total. The lowest BCUT2D eigenvalue weighted by Crippen LogP contribution is -1.96. The van der Waals surface area contributed by atoms with Gasteiger partial charge in [0.05, 0.1) is 5.60 Å². The summed E-state index contributed by atoms with van der Waals surface area (Å²) in [5.41, 5.74) is 1.36. The van der Waals surface area contributed by atoms with E-state index in [4.69, 9.17) is 4.74 Å². The van der Waals surface area contributed by atoms with Gasteiger partial charge in [0.15, 0.2) is 0 Å². The van der Waals surface area contributed by atoms with Crippen LogP contribution in [0.2, 0.25) is 0 Å². The molecule has 1 saturated heterocycles. The maximum absolute atomic E-state index is 5.49. The molecule has 2 rings (SSSR count). The molecule has 1 atom stereocenters. The molecule has 0 aliphatic carbocycles. The zero-order valence-corrected chi connectivity index (χ0v) is 6.87. The van der Waals surface area contributed by atoms with Crippen molar-refractivity contribution in [3.8, 4) is 0 Å². The van der Waals surface area contributed by atoms with E-state index >= 15 is 0 Å². The van der Waals surface area contributed by atoms with E-state index in [1.165, 1.54) is 5.56 Å². The second-order valence-electron chi connectivity index (χ2n) is 3.51. The van der Waals surface area contributed by atoms with Crippen LogP contribution in [-0.4, -0.2) is 5.60 Å². The van der Waals surface area contributed by atoms with Crippen molar-refractivity contribution in [3.63, 3.8) is 0 Å². The average Bonchev–Trinajstić information content (AvgIpc) is 2.62. The number of ether oxygens (including phenoxy) is 1. The molecule has 11 heavy (non-hydrogen) atoms. The lowest BCUT2D eigenvalue weighted by molar-refractivity contribution is 0.325. The van der Waals surface area contributed by atoms with E-state index in [0.29, 0.717) is 6.10 Å². The van der Waals surface area contributed by atoms with Crippen molar-refractivity contribution in [3.05, 3.63) is 35.9 Å². The Kier molecular flexibility index (Phi) is 1.30. The predicted molar refractivity (Wildman–Crippen MR) is 44.3 cm³/mol. The van der Waals surface area contributed by atoms with Crippen LogP contribution < -0.4 is 0 Å². The molecule has 0 radical (unpaired) electrons. The minimum absolute atomic E-state index is 0.0708. The Labute approximate surface area is 67.0 Å². The molecule has 58 valence electrons. The van der Waals surface area contributed by atoms with Gasteiger partial charge in [-0.2, -0.15) is 0 Å². The monoisotopic (exact) mass is 148 g/mol. The third-order valence-electron chi connectivity index (χ3n) is 2.10. The fourth-order valence-electron chi connectivity index (χ4n) is 1.37. The SMILES string of the molecule is CC1(C)O[C@@H]1c1ccccc1. The largest absolute Gasteiger partial charge is 0.362 e. The summed E-state index contributed by atoms with van der Waals surface area (Å²) in [5.74, 6) is 0. The molecular weight excluding hydrogens is 136 g/mol. The molecule has 0 aromatic heterocycles. The van der Waals surface area contributed by atoms with Gasteiger partial charge in [0, 0.05) is 0 Å². The van der Waals surface area contributed by atoms with Gasteiger partial charge in [-0.3, -0.25) is 0 Å². The van der Waals surface area contributed by atoms with Gasteiger partial charge in [-0.15, -0.1) is 0 Å². The highest BCUT2D eigenvalue weighted by atomic mass is 16.6. The zero-order valence-electron chi connectivity index (χ0n) is 6.87. The van der Waals surface area contributed by atoms with Crippen molar-refractivity contribution in [1.29, 1.82) is 0 Å². The first-order valence-corrected chi connectivity index (χ1v) is 3.93. The Balaban J connectivity index is 2.21. The quantitative estimate of drug-likeness (QED) is 0.557. The predicted octanol–water partition coefficient (Wildman–Crippen LogP) is 2.54. The molecule has 1 aliphatic heterocycles. The lowest BCUT2D eigenvalue weighted by atomic mass is 10.0. The lowest BCUT2D eigenvalue weighted by Gasteiger charge is -1.95. The molecule has 0 saturated carbocycles. The minimum Gasteiger partial charge on any atom is -0.362 e. The first kappa shape index (κ1) is 6.86.